The molecule has 0 heterocycles. The second-order valence-corrected chi connectivity index (χ2v) is 10.5. The maximum absolute atomic E-state index is 12.5. The molecule has 2 rings (SSSR count). The first-order valence-electron chi connectivity index (χ1n) is 7.79. The van der Waals surface area contributed by atoms with E-state index in [1.807, 2.05) is 0 Å². The lowest BCUT2D eigenvalue weighted by molar-refractivity contribution is 0.102. The second-order valence-electron chi connectivity index (χ2n) is 6.02. The van der Waals surface area contributed by atoms with Crippen LogP contribution in [0.15, 0.2) is 46.2 Å². The van der Waals surface area contributed by atoms with Gasteiger partial charge < -0.3 is 10.1 Å². The van der Waals surface area contributed by atoms with Gasteiger partial charge in [-0.3, -0.25) is 4.79 Å². The zero-order valence-electron chi connectivity index (χ0n) is 15.6. The lowest BCUT2D eigenvalue weighted by Crippen LogP contribution is -2.23. The van der Waals surface area contributed by atoms with Crippen molar-refractivity contribution >= 4 is 43.1 Å². The van der Waals surface area contributed by atoms with Crippen molar-refractivity contribution in [1.29, 1.82) is 0 Å². The maximum Gasteiger partial charge on any atom is 0.255 e. The van der Waals surface area contributed by atoms with Crippen LogP contribution in [0.5, 0.6) is 5.75 Å². The molecule has 0 unspecified atom stereocenters. The lowest BCUT2D eigenvalue weighted by Gasteiger charge is -2.16. The fourth-order valence-corrected chi connectivity index (χ4v) is 4.66. The zero-order chi connectivity index (χ0) is 21.3. The molecule has 0 fully saturated rings. The molecule has 0 saturated heterocycles. The third-order valence-corrected chi connectivity index (χ3v) is 7.19. The average Bonchev–Trinajstić information content (AvgIpc) is 2.60. The molecule has 0 aliphatic carbocycles. The van der Waals surface area contributed by atoms with Crippen LogP contribution >= 0.6 is 11.6 Å². The fraction of sp³-hybridized carbons (Fsp3) is 0.235. The number of amides is 1. The van der Waals surface area contributed by atoms with Gasteiger partial charge in [0.2, 0.25) is 10.0 Å². The van der Waals surface area contributed by atoms with E-state index in [-0.39, 0.29) is 31.8 Å². The number of halogens is 1. The van der Waals surface area contributed by atoms with Crippen LogP contribution in [0, 0.1) is 0 Å². The molecular formula is C17H19ClN2O6S2. The van der Waals surface area contributed by atoms with Crippen LogP contribution in [0.1, 0.15) is 10.4 Å². The van der Waals surface area contributed by atoms with Crippen molar-refractivity contribution < 1.29 is 26.4 Å². The summed E-state index contributed by atoms with van der Waals surface area (Å²) >= 11 is 5.88. The zero-order valence-corrected chi connectivity index (χ0v) is 17.9. The van der Waals surface area contributed by atoms with Crippen molar-refractivity contribution in [2.75, 3.05) is 32.8 Å². The number of anilines is 1. The molecule has 0 atom stereocenters. The molecule has 2 aromatic carbocycles. The molecule has 152 valence electrons. The van der Waals surface area contributed by atoms with E-state index in [1.54, 1.807) is 0 Å². The molecule has 11 heteroatoms. The van der Waals surface area contributed by atoms with Crippen molar-refractivity contribution in [3.8, 4) is 5.75 Å². The van der Waals surface area contributed by atoms with Gasteiger partial charge in [-0.25, -0.2) is 21.1 Å². The normalized spacial score (nSPS) is 12.1. The Labute approximate surface area is 169 Å². The summed E-state index contributed by atoms with van der Waals surface area (Å²) < 4.78 is 54.6. The largest absolute Gasteiger partial charge is 0.495 e. The number of nitrogens with zero attached hydrogens (tertiary/aromatic N) is 1. The summed E-state index contributed by atoms with van der Waals surface area (Å²) in [6.45, 7) is 0. The number of carbonyl (C=O) groups is 1. The molecule has 0 radical (unpaired) electrons. The summed E-state index contributed by atoms with van der Waals surface area (Å²) in [5.74, 6) is -0.502. The minimum absolute atomic E-state index is 0.00265. The van der Waals surface area contributed by atoms with Crippen LogP contribution in [-0.2, 0) is 19.9 Å². The number of ether oxygens (including phenoxy) is 1. The molecule has 2 aromatic rings. The van der Waals surface area contributed by atoms with Crippen LogP contribution in [0.3, 0.4) is 0 Å². The van der Waals surface area contributed by atoms with Crippen molar-refractivity contribution in [2.45, 2.75) is 9.79 Å². The number of hydrogen-bond acceptors (Lipinski definition) is 6. The molecule has 0 aromatic heterocycles. The summed E-state index contributed by atoms with van der Waals surface area (Å²) in [5, 5.41) is 2.55. The first-order chi connectivity index (χ1) is 12.9. The Morgan fingerprint density at radius 1 is 1.04 bits per heavy atom. The standard InChI is InChI=1S/C17H19ClN2O6S2/c1-20(2)28(24,25)16-10-12(6-8-14(16)26-3)19-17(21)11-5-7-13(18)15(9-11)27(4,22)23/h5-10H,1-4H3,(H,19,21). The number of benzene rings is 2. The van der Waals surface area contributed by atoms with E-state index in [4.69, 9.17) is 16.3 Å². The van der Waals surface area contributed by atoms with Crippen LogP contribution in [0.2, 0.25) is 5.02 Å². The summed E-state index contributed by atoms with van der Waals surface area (Å²) in [7, 11) is -3.35. The van der Waals surface area contributed by atoms with E-state index in [1.165, 1.54) is 51.5 Å². The van der Waals surface area contributed by atoms with E-state index in [0.717, 1.165) is 16.6 Å². The minimum Gasteiger partial charge on any atom is -0.495 e. The van der Waals surface area contributed by atoms with Crippen LogP contribution < -0.4 is 10.1 Å². The monoisotopic (exact) mass is 446 g/mol. The maximum atomic E-state index is 12.5. The van der Waals surface area contributed by atoms with E-state index >= 15 is 0 Å². The topological polar surface area (TPSA) is 110 Å². The van der Waals surface area contributed by atoms with Gasteiger partial charge in [0.15, 0.2) is 9.84 Å². The number of nitrogens with one attached hydrogen (secondary N) is 1. The highest BCUT2D eigenvalue weighted by Gasteiger charge is 2.23. The van der Waals surface area contributed by atoms with E-state index in [0.29, 0.717) is 0 Å². The molecule has 1 amide bonds. The van der Waals surface area contributed by atoms with Crippen molar-refractivity contribution in [3.05, 3.63) is 47.0 Å². The molecule has 8 nitrogen and oxygen atoms in total. The van der Waals surface area contributed by atoms with Crippen LogP contribution in [0.25, 0.3) is 0 Å². The van der Waals surface area contributed by atoms with Gasteiger partial charge >= 0.3 is 0 Å². The number of carbonyl (C=O) groups excluding carboxylic acids is 1. The number of hydrogen-bond donors (Lipinski definition) is 1. The minimum atomic E-state index is -3.81. The predicted octanol–water partition coefficient (Wildman–Crippen LogP) is 2.25. The lowest BCUT2D eigenvalue weighted by atomic mass is 10.2. The van der Waals surface area contributed by atoms with Crippen molar-refractivity contribution in [3.63, 3.8) is 0 Å². The number of sulfone groups is 1. The molecular weight excluding hydrogens is 428 g/mol. The highest BCUT2D eigenvalue weighted by atomic mass is 35.5. The molecule has 0 saturated carbocycles. The molecule has 0 spiro atoms. The number of rotatable bonds is 6. The van der Waals surface area contributed by atoms with E-state index < -0.39 is 25.8 Å². The first kappa shape index (κ1) is 22.2. The summed E-state index contributed by atoms with van der Waals surface area (Å²) in [6, 6.07) is 7.98. The first-order valence-corrected chi connectivity index (χ1v) is 11.5. The molecule has 0 bridgehead atoms. The van der Waals surface area contributed by atoms with Gasteiger partial charge in [-0.2, -0.15) is 0 Å². The van der Waals surface area contributed by atoms with Gasteiger partial charge in [0, 0.05) is 31.6 Å². The summed E-state index contributed by atoms with van der Waals surface area (Å²) in [4.78, 5) is 12.2. The van der Waals surface area contributed by atoms with Gasteiger partial charge in [0.1, 0.15) is 10.6 Å². The Morgan fingerprint density at radius 2 is 1.68 bits per heavy atom. The Bertz CT molecular complexity index is 1130. The molecule has 28 heavy (non-hydrogen) atoms. The number of sulfonamides is 1. The van der Waals surface area contributed by atoms with Gasteiger partial charge in [-0.15, -0.1) is 0 Å². The Morgan fingerprint density at radius 3 is 2.21 bits per heavy atom. The average molecular weight is 447 g/mol. The second kappa shape index (κ2) is 8.08. The highest BCUT2D eigenvalue weighted by Crippen LogP contribution is 2.29. The Balaban J connectivity index is 2.43. The van der Waals surface area contributed by atoms with Gasteiger partial charge in [0.05, 0.1) is 17.0 Å². The van der Waals surface area contributed by atoms with Crippen molar-refractivity contribution in [2.24, 2.45) is 0 Å². The molecule has 0 aliphatic heterocycles. The van der Waals surface area contributed by atoms with Gasteiger partial charge in [0.25, 0.3) is 5.91 Å². The predicted molar refractivity (Wildman–Crippen MR) is 106 cm³/mol. The Hall–Kier alpha value is -2.14. The number of methoxy groups -OCH3 is 1. The van der Waals surface area contributed by atoms with Gasteiger partial charge in [-0.05, 0) is 36.4 Å². The Kier molecular flexibility index (Phi) is 6.39. The smallest absolute Gasteiger partial charge is 0.255 e. The fourth-order valence-electron chi connectivity index (χ4n) is 2.28. The third-order valence-electron chi connectivity index (χ3n) is 3.77. The molecule has 1 N–H and O–H groups in total. The molecule has 0 aliphatic rings. The van der Waals surface area contributed by atoms with E-state index in [9.17, 15) is 21.6 Å². The van der Waals surface area contributed by atoms with Crippen molar-refractivity contribution in [1.82, 2.24) is 4.31 Å². The van der Waals surface area contributed by atoms with Gasteiger partial charge in [-0.1, -0.05) is 11.6 Å². The highest BCUT2D eigenvalue weighted by molar-refractivity contribution is 7.90. The summed E-state index contributed by atoms with van der Waals surface area (Å²) in [6.07, 6.45) is 0.984. The van der Waals surface area contributed by atoms with Crippen LogP contribution in [0.4, 0.5) is 5.69 Å². The summed E-state index contributed by atoms with van der Waals surface area (Å²) in [5.41, 5.74) is 0.250. The van der Waals surface area contributed by atoms with E-state index in [2.05, 4.69) is 5.32 Å². The van der Waals surface area contributed by atoms with Crippen LogP contribution in [-0.4, -0.2) is 54.5 Å². The SMILES string of the molecule is COc1ccc(NC(=O)c2ccc(Cl)c(S(C)(=O)=O)c2)cc1S(=O)(=O)N(C)C. The third kappa shape index (κ3) is 4.64. The quantitative estimate of drug-likeness (QED) is 0.728.